The summed E-state index contributed by atoms with van der Waals surface area (Å²) in [5.74, 6) is 0.945. The van der Waals surface area contributed by atoms with Crippen LogP contribution in [0, 0.1) is 11.3 Å². The van der Waals surface area contributed by atoms with Crippen LogP contribution in [-0.2, 0) is 4.79 Å². The molecule has 2 aromatic rings. The standard InChI is InChI=1S/C18H19N3O3/c1-12(18(22)21-15-7-5-4-6-13(15)11-19)20-14-8-9-16(23-2)17(10-14)24-3/h4-10,12,20H,1-3H3,(H,21,22)/t12-/m1/s1. The van der Waals surface area contributed by atoms with Crippen LogP contribution in [0.2, 0.25) is 0 Å². The summed E-state index contributed by atoms with van der Waals surface area (Å²) in [6.07, 6.45) is 0. The second-order valence-electron chi connectivity index (χ2n) is 5.08. The Morgan fingerprint density at radius 3 is 2.50 bits per heavy atom. The Morgan fingerprint density at radius 1 is 1.12 bits per heavy atom. The average Bonchev–Trinajstić information content (AvgIpc) is 2.61. The molecule has 0 aliphatic carbocycles. The van der Waals surface area contributed by atoms with Gasteiger partial charge in [-0.15, -0.1) is 0 Å². The molecular formula is C18H19N3O3. The molecule has 0 bridgehead atoms. The molecule has 0 aliphatic rings. The summed E-state index contributed by atoms with van der Waals surface area (Å²) in [6, 6.07) is 13.7. The van der Waals surface area contributed by atoms with Crippen LogP contribution in [0.5, 0.6) is 11.5 Å². The highest BCUT2D eigenvalue weighted by molar-refractivity contribution is 5.97. The number of carbonyl (C=O) groups excluding carboxylic acids is 1. The van der Waals surface area contributed by atoms with E-state index in [0.717, 1.165) is 5.69 Å². The van der Waals surface area contributed by atoms with Gasteiger partial charge in [-0.3, -0.25) is 4.79 Å². The number of carbonyl (C=O) groups is 1. The molecule has 0 fully saturated rings. The smallest absolute Gasteiger partial charge is 0.246 e. The fraction of sp³-hybridized carbons (Fsp3) is 0.222. The quantitative estimate of drug-likeness (QED) is 0.853. The lowest BCUT2D eigenvalue weighted by Gasteiger charge is -2.17. The number of hydrogen-bond acceptors (Lipinski definition) is 5. The minimum absolute atomic E-state index is 0.243. The zero-order valence-corrected chi connectivity index (χ0v) is 13.8. The maximum Gasteiger partial charge on any atom is 0.246 e. The first-order chi connectivity index (χ1) is 11.6. The van der Waals surface area contributed by atoms with Crippen molar-refractivity contribution in [2.45, 2.75) is 13.0 Å². The lowest BCUT2D eigenvalue weighted by atomic mass is 10.2. The Hall–Kier alpha value is -3.20. The van der Waals surface area contributed by atoms with Gasteiger partial charge in [0.15, 0.2) is 11.5 Å². The molecule has 24 heavy (non-hydrogen) atoms. The van der Waals surface area contributed by atoms with E-state index in [1.54, 1.807) is 63.6 Å². The summed E-state index contributed by atoms with van der Waals surface area (Å²) >= 11 is 0. The van der Waals surface area contributed by atoms with E-state index in [9.17, 15) is 4.79 Å². The van der Waals surface area contributed by atoms with Crippen LogP contribution in [0.25, 0.3) is 0 Å². The van der Waals surface area contributed by atoms with E-state index in [2.05, 4.69) is 16.7 Å². The molecule has 1 atom stereocenters. The van der Waals surface area contributed by atoms with Crippen molar-refractivity contribution >= 4 is 17.3 Å². The molecule has 0 radical (unpaired) electrons. The van der Waals surface area contributed by atoms with Crippen LogP contribution in [0.4, 0.5) is 11.4 Å². The molecule has 2 rings (SSSR count). The largest absolute Gasteiger partial charge is 0.493 e. The number of hydrogen-bond donors (Lipinski definition) is 2. The van der Waals surface area contributed by atoms with Crippen molar-refractivity contribution in [3.8, 4) is 17.6 Å². The Kier molecular flexibility index (Phi) is 5.63. The predicted molar refractivity (Wildman–Crippen MR) is 92.4 cm³/mol. The number of nitrogens with one attached hydrogen (secondary N) is 2. The molecule has 0 saturated heterocycles. The predicted octanol–water partition coefficient (Wildman–Crippen LogP) is 3.01. The number of anilines is 2. The number of nitriles is 1. The molecule has 0 aromatic heterocycles. The molecule has 6 nitrogen and oxygen atoms in total. The molecule has 0 heterocycles. The first-order valence-electron chi connectivity index (χ1n) is 7.37. The molecule has 124 valence electrons. The minimum Gasteiger partial charge on any atom is -0.493 e. The monoisotopic (exact) mass is 325 g/mol. The third-order valence-corrected chi connectivity index (χ3v) is 3.47. The minimum atomic E-state index is -0.505. The molecule has 0 spiro atoms. The van der Waals surface area contributed by atoms with E-state index in [0.29, 0.717) is 22.7 Å². The van der Waals surface area contributed by atoms with Crippen molar-refractivity contribution in [2.75, 3.05) is 24.9 Å². The highest BCUT2D eigenvalue weighted by Crippen LogP contribution is 2.30. The highest BCUT2D eigenvalue weighted by Gasteiger charge is 2.15. The van der Waals surface area contributed by atoms with Gasteiger partial charge in [-0.05, 0) is 31.2 Å². The zero-order chi connectivity index (χ0) is 17.5. The molecule has 0 unspecified atom stereocenters. The average molecular weight is 325 g/mol. The van der Waals surface area contributed by atoms with E-state index in [-0.39, 0.29) is 5.91 Å². The Morgan fingerprint density at radius 2 is 1.83 bits per heavy atom. The van der Waals surface area contributed by atoms with Crippen LogP contribution < -0.4 is 20.1 Å². The fourth-order valence-corrected chi connectivity index (χ4v) is 2.17. The highest BCUT2D eigenvalue weighted by atomic mass is 16.5. The second kappa shape index (κ2) is 7.88. The number of para-hydroxylation sites is 1. The topological polar surface area (TPSA) is 83.4 Å². The molecule has 2 N–H and O–H groups in total. The molecule has 6 heteroatoms. The first-order valence-corrected chi connectivity index (χ1v) is 7.37. The van der Waals surface area contributed by atoms with Crippen molar-refractivity contribution in [1.29, 1.82) is 5.26 Å². The number of amides is 1. The van der Waals surface area contributed by atoms with Gasteiger partial charge in [-0.1, -0.05) is 12.1 Å². The van der Waals surface area contributed by atoms with Crippen molar-refractivity contribution in [3.63, 3.8) is 0 Å². The summed E-state index contributed by atoms with van der Waals surface area (Å²) < 4.78 is 10.4. The van der Waals surface area contributed by atoms with E-state index < -0.39 is 6.04 Å². The van der Waals surface area contributed by atoms with E-state index in [1.807, 2.05) is 0 Å². The Balaban J connectivity index is 2.08. The van der Waals surface area contributed by atoms with Crippen molar-refractivity contribution in [3.05, 3.63) is 48.0 Å². The number of rotatable bonds is 6. The molecular weight excluding hydrogens is 306 g/mol. The molecule has 0 saturated carbocycles. The van der Waals surface area contributed by atoms with Gasteiger partial charge in [0.05, 0.1) is 25.5 Å². The summed E-state index contributed by atoms with van der Waals surface area (Å²) in [4.78, 5) is 12.3. The molecule has 1 amide bonds. The number of ether oxygens (including phenoxy) is 2. The maximum absolute atomic E-state index is 12.3. The van der Waals surface area contributed by atoms with Gasteiger partial charge >= 0.3 is 0 Å². The summed E-state index contributed by atoms with van der Waals surface area (Å²) in [5.41, 5.74) is 1.64. The SMILES string of the molecule is COc1ccc(N[C@H](C)C(=O)Nc2ccccc2C#N)cc1OC. The van der Waals surface area contributed by atoms with Crippen molar-refractivity contribution in [2.24, 2.45) is 0 Å². The van der Waals surface area contributed by atoms with Gasteiger partial charge in [0.1, 0.15) is 12.1 Å². The van der Waals surface area contributed by atoms with Gasteiger partial charge in [0.25, 0.3) is 0 Å². The van der Waals surface area contributed by atoms with E-state index >= 15 is 0 Å². The Bertz CT molecular complexity index is 768. The number of benzene rings is 2. The normalized spacial score (nSPS) is 11.1. The summed E-state index contributed by atoms with van der Waals surface area (Å²) in [7, 11) is 3.12. The molecule has 2 aromatic carbocycles. The van der Waals surface area contributed by atoms with Crippen LogP contribution in [0.3, 0.4) is 0 Å². The lowest BCUT2D eigenvalue weighted by molar-refractivity contribution is -0.116. The maximum atomic E-state index is 12.3. The third-order valence-electron chi connectivity index (χ3n) is 3.47. The lowest BCUT2D eigenvalue weighted by Crippen LogP contribution is -2.32. The third kappa shape index (κ3) is 3.96. The van der Waals surface area contributed by atoms with Gasteiger partial charge in [0.2, 0.25) is 5.91 Å². The van der Waals surface area contributed by atoms with Crippen molar-refractivity contribution < 1.29 is 14.3 Å². The van der Waals surface area contributed by atoms with Crippen LogP contribution in [0.15, 0.2) is 42.5 Å². The Labute approximate surface area is 141 Å². The van der Waals surface area contributed by atoms with E-state index in [1.165, 1.54) is 0 Å². The van der Waals surface area contributed by atoms with E-state index in [4.69, 9.17) is 14.7 Å². The van der Waals surface area contributed by atoms with Gasteiger partial charge in [0, 0.05) is 11.8 Å². The first kappa shape index (κ1) is 17.2. The van der Waals surface area contributed by atoms with Crippen LogP contribution >= 0.6 is 0 Å². The van der Waals surface area contributed by atoms with Crippen molar-refractivity contribution in [1.82, 2.24) is 0 Å². The van der Waals surface area contributed by atoms with Gasteiger partial charge < -0.3 is 20.1 Å². The fourth-order valence-electron chi connectivity index (χ4n) is 2.17. The van der Waals surface area contributed by atoms with Gasteiger partial charge in [-0.2, -0.15) is 5.26 Å². The second-order valence-corrected chi connectivity index (χ2v) is 5.08. The number of nitrogens with zero attached hydrogens (tertiary/aromatic N) is 1. The molecule has 0 aliphatic heterocycles. The summed E-state index contributed by atoms with van der Waals surface area (Å²) in [6.45, 7) is 1.74. The van der Waals surface area contributed by atoms with Crippen LogP contribution in [-0.4, -0.2) is 26.2 Å². The van der Waals surface area contributed by atoms with Gasteiger partial charge in [-0.25, -0.2) is 0 Å². The van der Waals surface area contributed by atoms with Crippen LogP contribution in [0.1, 0.15) is 12.5 Å². The zero-order valence-electron chi connectivity index (χ0n) is 13.8. The number of methoxy groups -OCH3 is 2. The summed E-state index contributed by atoms with van der Waals surface area (Å²) in [5, 5.41) is 14.9.